The van der Waals surface area contributed by atoms with Crippen LogP contribution >= 0.6 is 34.3 Å². The van der Waals surface area contributed by atoms with E-state index in [0.29, 0.717) is 10.8 Å². The number of benzene rings is 1. The van der Waals surface area contributed by atoms with Gasteiger partial charge in [0.05, 0.1) is 23.2 Å². The number of rotatable bonds is 5. The van der Waals surface area contributed by atoms with E-state index in [1.54, 1.807) is 23.5 Å². The van der Waals surface area contributed by atoms with Crippen molar-refractivity contribution in [3.63, 3.8) is 0 Å². The summed E-state index contributed by atoms with van der Waals surface area (Å²) < 4.78 is 19.5. The lowest BCUT2D eigenvalue weighted by Gasteiger charge is -2.35. The molecule has 2 aromatic heterocycles. The SMILES string of the molecule is OCC1OC(c2cc(Cc3ccc(-c4ccc(F)cc4)s3)c(Cl)s2)CC(O)C1O. The van der Waals surface area contributed by atoms with Crippen LogP contribution < -0.4 is 0 Å². The van der Waals surface area contributed by atoms with Crippen molar-refractivity contribution < 1.29 is 24.4 Å². The zero-order chi connectivity index (χ0) is 20.5. The van der Waals surface area contributed by atoms with Gasteiger partial charge in [-0.1, -0.05) is 23.7 Å². The van der Waals surface area contributed by atoms with Gasteiger partial charge in [-0.2, -0.15) is 0 Å². The van der Waals surface area contributed by atoms with E-state index in [9.17, 15) is 19.7 Å². The van der Waals surface area contributed by atoms with Gasteiger partial charge >= 0.3 is 0 Å². The van der Waals surface area contributed by atoms with Crippen LogP contribution in [-0.4, -0.2) is 40.2 Å². The molecule has 1 aliphatic heterocycles. The van der Waals surface area contributed by atoms with Crippen molar-refractivity contribution in [2.45, 2.75) is 37.3 Å². The molecule has 1 fully saturated rings. The lowest BCUT2D eigenvalue weighted by Crippen LogP contribution is -2.47. The van der Waals surface area contributed by atoms with Crippen molar-refractivity contribution in [3.8, 4) is 10.4 Å². The molecule has 1 aliphatic rings. The predicted octanol–water partition coefficient (Wildman–Crippen LogP) is 4.40. The zero-order valence-electron chi connectivity index (χ0n) is 15.3. The molecule has 4 atom stereocenters. The molecule has 29 heavy (non-hydrogen) atoms. The minimum absolute atomic E-state index is 0.252. The molecule has 1 saturated heterocycles. The molecule has 154 valence electrons. The van der Waals surface area contributed by atoms with E-state index in [4.69, 9.17) is 16.3 Å². The lowest BCUT2D eigenvalue weighted by atomic mass is 9.97. The maximum Gasteiger partial charge on any atom is 0.123 e. The smallest absolute Gasteiger partial charge is 0.123 e. The van der Waals surface area contributed by atoms with E-state index in [1.807, 2.05) is 18.2 Å². The van der Waals surface area contributed by atoms with E-state index in [0.717, 1.165) is 25.8 Å². The fraction of sp³-hybridized carbons (Fsp3) is 0.333. The van der Waals surface area contributed by atoms with Crippen LogP contribution in [0.3, 0.4) is 0 Å². The third-order valence-electron chi connectivity index (χ3n) is 5.00. The second-order valence-electron chi connectivity index (χ2n) is 7.04. The largest absolute Gasteiger partial charge is 0.394 e. The van der Waals surface area contributed by atoms with Gasteiger partial charge in [-0.05, 0) is 41.5 Å². The first-order valence-electron chi connectivity index (χ1n) is 9.20. The van der Waals surface area contributed by atoms with E-state index >= 15 is 0 Å². The highest BCUT2D eigenvalue weighted by molar-refractivity contribution is 7.16. The molecule has 0 saturated carbocycles. The van der Waals surface area contributed by atoms with Crippen LogP contribution in [0.2, 0.25) is 4.34 Å². The van der Waals surface area contributed by atoms with E-state index in [1.165, 1.54) is 23.5 Å². The van der Waals surface area contributed by atoms with Gasteiger partial charge in [0.25, 0.3) is 0 Å². The number of hydrogen-bond acceptors (Lipinski definition) is 6. The van der Waals surface area contributed by atoms with E-state index in [-0.39, 0.29) is 18.8 Å². The second kappa shape index (κ2) is 8.81. The number of halogens is 2. The first-order chi connectivity index (χ1) is 13.9. The Morgan fingerprint density at radius 2 is 1.86 bits per heavy atom. The number of aliphatic hydroxyl groups excluding tert-OH is 3. The Morgan fingerprint density at radius 3 is 2.59 bits per heavy atom. The molecule has 0 bridgehead atoms. The molecule has 3 aromatic rings. The van der Waals surface area contributed by atoms with Crippen LogP contribution in [0.15, 0.2) is 42.5 Å². The Kier molecular flexibility index (Phi) is 6.36. The number of aliphatic hydroxyl groups is 3. The minimum Gasteiger partial charge on any atom is -0.394 e. The summed E-state index contributed by atoms with van der Waals surface area (Å²) in [6.45, 7) is -0.359. The summed E-state index contributed by atoms with van der Waals surface area (Å²) >= 11 is 9.48. The summed E-state index contributed by atoms with van der Waals surface area (Å²) in [6.07, 6.45) is -2.37. The van der Waals surface area contributed by atoms with Gasteiger partial charge in [-0.15, -0.1) is 22.7 Å². The normalized spacial score (nSPS) is 24.7. The van der Waals surface area contributed by atoms with Crippen molar-refractivity contribution in [2.24, 2.45) is 0 Å². The van der Waals surface area contributed by atoms with Crippen molar-refractivity contribution in [1.29, 1.82) is 0 Å². The van der Waals surface area contributed by atoms with Gasteiger partial charge in [0.2, 0.25) is 0 Å². The maximum absolute atomic E-state index is 13.1. The first-order valence-corrected chi connectivity index (χ1v) is 11.2. The molecule has 4 rings (SSSR count). The fourth-order valence-electron chi connectivity index (χ4n) is 3.42. The first kappa shape index (κ1) is 20.9. The minimum atomic E-state index is -1.10. The van der Waals surface area contributed by atoms with Crippen molar-refractivity contribution in [1.82, 2.24) is 0 Å². The highest BCUT2D eigenvalue weighted by Gasteiger charge is 2.37. The molecule has 0 amide bonds. The van der Waals surface area contributed by atoms with Gasteiger partial charge < -0.3 is 20.1 Å². The van der Waals surface area contributed by atoms with Crippen LogP contribution in [0.1, 0.15) is 27.8 Å². The third kappa shape index (κ3) is 4.56. The monoisotopic (exact) mass is 454 g/mol. The summed E-state index contributed by atoms with van der Waals surface area (Å²) in [5.74, 6) is -0.255. The number of ether oxygens (including phenoxy) is 1. The van der Waals surface area contributed by atoms with Crippen LogP contribution in [0.4, 0.5) is 4.39 Å². The van der Waals surface area contributed by atoms with Gasteiger partial charge in [0, 0.05) is 27.5 Å². The molecule has 8 heteroatoms. The van der Waals surface area contributed by atoms with Crippen molar-refractivity contribution >= 4 is 34.3 Å². The molecular weight excluding hydrogens is 435 g/mol. The molecule has 4 unspecified atom stereocenters. The fourth-order valence-corrected chi connectivity index (χ4v) is 5.80. The Balaban J connectivity index is 1.50. The summed E-state index contributed by atoms with van der Waals surface area (Å²) in [6, 6.07) is 12.4. The van der Waals surface area contributed by atoms with E-state index in [2.05, 4.69) is 0 Å². The third-order valence-corrected chi connectivity index (χ3v) is 7.66. The average molecular weight is 455 g/mol. The van der Waals surface area contributed by atoms with Crippen LogP contribution in [0.25, 0.3) is 10.4 Å². The molecular formula is C21H20ClFO4S2. The molecule has 3 heterocycles. The highest BCUT2D eigenvalue weighted by Crippen LogP contribution is 2.40. The quantitative estimate of drug-likeness (QED) is 0.534. The number of hydrogen-bond donors (Lipinski definition) is 3. The maximum atomic E-state index is 13.1. The number of thiophene rings is 2. The molecule has 0 radical (unpaired) electrons. The van der Waals surface area contributed by atoms with Crippen molar-refractivity contribution in [3.05, 3.63) is 67.9 Å². The standard InChI is InChI=1S/C21H20ClFO4S2/c22-21-12(7-14-5-6-18(28-14)11-1-3-13(23)4-2-11)8-19(29-21)16-9-15(25)20(26)17(10-24)27-16/h1-6,8,15-17,20,24-26H,7,9-10H2. The summed E-state index contributed by atoms with van der Waals surface area (Å²) in [5, 5.41) is 29.3. The van der Waals surface area contributed by atoms with Gasteiger partial charge in [-0.3, -0.25) is 0 Å². The van der Waals surface area contributed by atoms with Gasteiger partial charge in [-0.25, -0.2) is 4.39 Å². The molecule has 1 aromatic carbocycles. The Labute approximate surface area is 180 Å². The average Bonchev–Trinajstić information content (AvgIpc) is 3.32. The summed E-state index contributed by atoms with van der Waals surface area (Å²) in [7, 11) is 0. The topological polar surface area (TPSA) is 69.9 Å². The highest BCUT2D eigenvalue weighted by atomic mass is 35.5. The summed E-state index contributed by atoms with van der Waals surface area (Å²) in [5.41, 5.74) is 1.93. The predicted molar refractivity (Wildman–Crippen MR) is 113 cm³/mol. The van der Waals surface area contributed by atoms with Gasteiger partial charge in [0.1, 0.15) is 18.0 Å². The van der Waals surface area contributed by atoms with Crippen LogP contribution in [-0.2, 0) is 11.2 Å². The Hall–Kier alpha value is -1.32. The van der Waals surface area contributed by atoms with E-state index < -0.39 is 24.4 Å². The molecule has 4 nitrogen and oxygen atoms in total. The Morgan fingerprint density at radius 1 is 1.10 bits per heavy atom. The van der Waals surface area contributed by atoms with Crippen molar-refractivity contribution in [2.75, 3.05) is 6.61 Å². The van der Waals surface area contributed by atoms with Gasteiger partial charge in [0.15, 0.2) is 0 Å². The summed E-state index contributed by atoms with van der Waals surface area (Å²) in [4.78, 5) is 3.05. The lowest BCUT2D eigenvalue weighted by molar-refractivity contribution is -0.180. The van der Waals surface area contributed by atoms with Crippen LogP contribution in [0, 0.1) is 5.82 Å². The second-order valence-corrected chi connectivity index (χ2v) is 9.89. The zero-order valence-corrected chi connectivity index (χ0v) is 17.7. The molecule has 0 spiro atoms. The molecule has 3 N–H and O–H groups in total. The molecule has 0 aliphatic carbocycles. The van der Waals surface area contributed by atoms with Crippen LogP contribution in [0.5, 0.6) is 0 Å². The Bertz CT molecular complexity index is 971.